The average Bonchev–Trinajstić information content (AvgIpc) is 2.99. The summed E-state index contributed by atoms with van der Waals surface area (Å²) in [7, 11) is 1.62. The molecule has 76 valence electrons. The monoisotopic (exact) mass is 193 g/mol. The van der Waals surface area contributed by atoms with Gasteiger partial charge in [-0.3, -0.25) is 0 Å². The molecular weight excluding hydrogens is 178 g/mol. The highest BCUT2D eigenvalue weighted by Crippen LogP contribution is 2.32. The van der Waals surface area contributed by atoms with E-state index in [1.807, 2.05) is 12.1 Å². The topological polar surface area (TPSA) is 44.5 Å². The van der Waals surface area contributed by atoms with Crippen LogP contribution in [0.2, 0.25) is 0 Å². The van der Waals surface area contributed by atoms with Crippen molar-refractivity contribution in [3.63, 3.8) is 0 Å². The zero-order chi connectivity index (χ0) is 9.97. The lowest BCUT2D eigenvalue weighted by atomic mass is 10.3. The van der Waals surface area contributed by atoms with Crippen LogP contribution in [0.15, 0.2) is 18.2 Å². The van der Waals surface area contributed by atoms with Crippen LogP contribution in [-0.4, -0.2) is 13.7 Å². The molecule has 0 aromatic heterocycles. The van der Waals surface area contributed by atoms with Crippen LogP contribution in [-0.2, 0) is 0 Å². The number of rotatable bonds is 4. The van der Waals surface area contributed by atoms with Crippen molar-refractivity contribution < 1.29 is 9.47 Å². The van der Waals surface area contributed by atoms with Gasteiger partial charge in [0.15, 0.2) is 0 Å². The summed E-state index contributed by atoms with van der Waals surface area (Å²) in [6.07, 6.45) is 2.58. The molecule has 3 heteroatoms. The summed E-state index contributed by atoms with van der Waals surface area (Å²) < 4.78 is 10.6. The zero-order valence-electron chi connectivity index (χ0n) is 8.32. The van der Waals surface area contributed by atoms with Crippen molar-refractivity contribution in [1.29, 1.82) is 0 Å². The van der Waals surface area contributed by atoms with Gasteiger partial charge in [-0.25, -0.2) is 0 Å². The third-order valence-electron chi connectivity index (χ3n) is 2.39. The van der Waals surface area contributed by atoms with Gasteiger partial charge in [-0.1, -0.05) is 0 Å². The molecular formula is C11H15NO2. The standard InChI is InChI=1S/C11H15NO2/c1-13-9-4-5-11(10(12)6-9)14-7-8-2-3-8/h4-6,8H,2-3,7,12H2,1H3. The number of ether oxygens (including phenoxy) is 2. The van der Waals surface area contributed by atoms with Crippen LogP contribution in [0.3, 0.4) is 0 Å². The Kier molecular flexibility index (Phi) is 2.48. The Labute approximate surface area is 83.8 Å². The fourth-order valence-electron chi connectivity index (χ4n) is 1.28. The first-order chi connectivity index (χ1) is 6.79. The number of anilines is 1. The first-order valence-electron chi connectivity index (χ1n) is 4.86. The van der Waals surface area contributed by atoms with Gasteiger partial charge in [-0.15, -0.1) is 0 Å². The predicted octanol–water partition coefficient (Wildman–Crippen LogP) is 2.07. The summed E-state index contributed by atoms with van der Waals surface area (Å²) in [5.41, 5.74) is 6.44. The van der Waals surface area contributed by atoms with E-state index < -0.39 is 0 Å². The van der Waals surface area contributed by atoms with Crippen LogP contribution in [0, 0.1) is 5.92 Å². The van der Waals surface area contributed by atoms with E-state index in [0.29, 0.717) is 5.69 Å². The molecule has 0 heterocycles. The molecule has 3 nitrogen and oxygen atoms in total. The van der Waals surface area contributed by atoms with Crippen LogP contribution in [0.4, 0.5) is 5.69 Å². The molecule has 1 aliphatic rings. The van der Waals surface area contributed by atoms with E-state index in [-0.39, 0.29) is 0 Å². The van der Waals surface area contributed by atoms with Crippen molar-refractivity contribution in [2.45, 2.75) is 12.8 Å². The van der Waals surface area contributed by atoms with Crippen molar-refractivity contribution in [2.75, 3.05) is 19.5 Å². The summed E-state index contributed by atoms with van der Waals surface area (Å²) in [6, 6.07) is 5.50. The normalized spacial score (nSPS) is 15.2. The largest absolute Gasteiger partial charge is 0.497 e. The van der Waals surface area contributed by atoms with Gasteiger partial charge in [0, 0.05) is 6.07 Å². The van der Waals surface area contributed by atoms with Crippen molar-refractivity contribution in [2.24, 2.45) is 5.92 Å². The minimum atomic E-state index is 0.644. The Hall–Kier alpha value is -1.38. The third-order valence-corrected chi connectivity index (χ3v) is 2.39. The number of nitrogen functional groups attached to an aromatic ring is 1. The molecule has 2 rings (SSSR count). The maximum Gasteiger partial charge on any atom is 0.142 e. The maximum absolute atomic E-state index is 5.80. The van der Waals surface area contributed by atoms with Crippen LogP contribution in [0.25, 0.3) is 0 Å². The van der Waals surface area contributed by atoms with Gasteiger partial charge < -0.3 is 15.2 Å². The van der Waals surface area contributed by atoms with Crippen LogP contribution in [0.5, 0.6) is 11.5 Å². The average molecular weight is 193 g/mol. The molecule has 1 aliphatic carbocycles. The number of methoxy groups -OCH3 is 1. The third kappa shape index (κ3) is 2.10. The number of hydrogen-bond donors (Lipinski definition) is 1. The second-order valence-corrected chi connectivity index (χ2v) is 3.66. The number of hydrogen-bond acceptors (Lipinski definition) is 3. The molecule has 0 aliphatic heterocycles. The van der Waals surface area contributed by atoms with E-state index in [1.165, 1.54) is 12.8 Å². The first kappa shape index (κ1) is 9.19. The highest BCUT2D eigenvalue weighted by molar-refractivity contribution is 5.56. The van der Waals surface area contributed by atoms with Crippen molar-refractivity contribution in [3.8, 4) is 11.5 Å². The summed E-state index contributed by atoms with van der Waals surface area (Å²) in [5.74, 6) is 2.27. The molecule has 1 fully saturated rings. The lowest BCUT2D eigenvalue weighted by Gasteiger charge is -2.09. The lowest BCUT2D eigenvalue weighted by Crippen LogP contribution is -2.01. The summed E-state index contributed by atoms with van der Waals surface area (Å²) in [6.45, 7) is 0.788. The van der Waals surface area contributed by atoms with Crippen molar-refractivity contribution >= 4 is 5.69 Å². The number of nitrogens with two attached hydrogens (primary N) is 1. The predicted molar refractivity (Wildman–Crippen MR) is 55.6 cm³/mol. The fourth-order valence-corrected chi connectivity index (χ4v) is 1.28. The second-order valence-electron chi connectivity index (χ2n) is 3.66. The Bertz CT molecular complexity index is 321. The van der Waals surface area contributed by atoms with Gasteiger partial charge in [0.2, 0.25) is 0 Å². The molecule has 0 radical (unpaired) electrons. The molecule has 2 N–H and O–H groups in total. The Morgan fingerprint density at radius 2 is 2.21 bits per heavy atom. The van der Waals surface area contributed by atoms with Gasteiger partial charge in [-0.2, -0.15) is 0 Å². The zero-order valence-corrected chi connectivity index (χ0v) is 8.32. The van der Waals surface area contributed by atoms with Gasteiger partial charge in [-0.05, 0) is 30.9 Å². The van der Waals surface area contributed by atoms with Crippen LogP contribution >= 0.6 is 0 Å². The highest BCUT2D eigenvalue weighted by atomic mass is 16.5. The van der Waals surface area contributed by atoms with E-state index in [0.717, 1.165) is 24.0 Å². The van der Waals surface area contributed by atoms with Crippen LogP contribution in [0.1, 0.15) is 12.8 Å². The van der Waals surface area contributed by atoms with E-state index in [9.17, 15) is 0 Å². The van der Waals surface area contributed by atoms with Gasteiger partial charge in [0.25, 0.3) is 0 Å². The minimum absolute atomic E-state index is 0.644. The minimum Gasteiger partial charge on any atom is -0.497 e. The van der Waals surface area contributed by atoms with Crippen molar-refractivity contribution in [3.05, 3.63) is 18.2 Å². The Morgan fingerprint density at radius 1 is 1.43 bits per heavy atom. The van der Waals surface area contributed by atoms with E-state index in [4.69, 9.17) is 15.2 Å². The quantitative estimate of drug-likeness (QED) is 0.744. The molecule has 0 saturated heterocycles. The molecule has 0 unspecified atom stereocenters. The van der Waals surface area contributed by atoms with Gasteiger partial charge in [0.05, 0.1) is 19.4 Å². The van der Waals surface area contributed by atoms with E-state index >= 15 is 0 Å². The summed E-state index contributed by atoms with van der Waals surface area (Å²) >= 11 is 0. The van der Waals surface area contributed by atoms with E-state index in [2.05, 4.69) is 0 Å². The molecule has 1 aromatic carbocycles. The second kappa shape index (κ2) is 3.78. The number of benzene rings is 1. The lowest BCUT2D eigenvalue weighted by molar-refractivity contribution is 0.301. The first-order valence-corrected chi connectivity index (χ1v) is 4.86. The molecule has 0 amide bonds. The molecule has 1 aromatic rings. The molecule has 0 atom stereocenters. The summed E-state index contributed by atoms with van der Waals surface area (Å²) in [4.78, 5) is 0. The Morgan fingerprint density at radius 3 is 2.79 bits per heavy atom. The maximum atomic E-state index is 5.80. The molecule has 0 bridgehead atoms. The SMILES string of the molecule is COc1ccc(OCC2CC2)c(N)c1. The van der Waals surface area contributed by atoms with Gasteiger partial charge in [0.1, 0.15) is 11.5 Å². The Balaban J connectivity index is 2.01. The molecule has 1 saturated carbocycles. The van der Waals surface area contributed by atoms with Crippen molar-refractivity contribution in [1.82, 2.24) is 0 Å². The smallest absolute Gasteiger partial charge is 0.142 e. The molecule has 0 spiro atoms. The van der Waals surface area contributed by atoms with Gasteiger partial charge >= 0.3 is 0 Å². The summed E-state index contributed by atoms with van der Waals surface area (Å²) in [5, 5.41) is 0. The van der Waals surface area contributed by atoms with E-state index in [1.54, 1.807) is 13.2 Å². The molecule has 14 heavy (non-hydrogen) atoms. The fraction of sp³-hybridized carbons (Fsp3) is 0.455. The van der Waals surface area contributed by atoms with Crippen LogP contribution < -0.4 is 15.2 Å². The highest BCUT2D eigenvalue weighted by Gasteiger charge is 2.22.